The van der Waals surface area contributed by atoms with E-state index in [1.807, 2.05) is 0 Å². The molecule has 0 aliphatic heterocycles. The van der Waals surface area contributed by atoms with Crippen LogP contribution in [0.3, 0.4) is 0 Å². The first kappa shape index (κ1) is 27.2. The standard InChI is InChI=1S/C44H48/c1-44(2,3)37-25-35-15-9-28-16-19-40(41-21-18-36(26-37)42(35)43(28)41)34-14-12-30-22-29(10-11-31(30)23-34)32-17-20-39-33(24-32)13-8-27-6-4-5-7-38(27)39/h4,6,9,15,22-26,35,42H,5,7-8,10-14,16-21H2,1-3H3. The minimum atomic E-state index is 0.221. The second-order valence-corrected chi connectivity index (χ2v) is 15.9. The Hall–Kier alpha value is -3.12. The zero-order chi connectivity index (χ0) is 29.6. The molecule has 0 aromatic carbocycles. The topological polar surface area (TPSA) is 0 Å². The van der Waals surface area contributed by atoms with Crippen LogP contribution < -0.4 is 0 Å². The predicted molar refractivity (Wildman–Crippen MR) is 185 cm³/mol. The molecular formula is C44H48. The molecule has 1 saturated carbocycles. The van der Waals surface area contributed by atoms with Crippen molar-refractivity contribution in [1.29, 1.82) is 0 Å². The Morgan fingerprint density at radius 1 is 0.523 bits per heavy atom. The minimum absolute atomic E-state index is 0.221. The largest absolute Gasteiger partial charge is 0.0839 e. The molecule has 0 aromatic heterocycles. The zero-order valence-electron chi connectivity index (χ0n) is 27.3. The highest BCUT2D eigenvalue weighted by Gasteiger charge is 2.41. The summed E-state index contributed by atoms with van der Waals surface area (Å²) >= 11 is 0. The van der Waals surface area contributed by atoms with Crippen LogP contribution >= 0.6 is 0 Å². The Kier molecular flexibility index (Phi) is 6.31. The highest BCUT2D eigenvalue weighted by Crippen LogP contribution is 2.55. The molecule has 0 amide bonds. The number of hydrogen-bond acceptors (Lipinski definition) is 0. The highest BCUT2D eigenvalue weighted by atomic mass is 14.4. The lowest BCUT2D eigenvalue weighted by molar-refractivity contribution is 0.470. The molecule has 2 atom stereocenters. The lowest BCUT2D eigenvalue weighted by Gasteiger charge is -2.44. The van der Waals surface area contributed by atoms with Crippen molar-refractivity contribution in [2.24, 2.45) is 17.3 Å². The molecule has 0 spiro atoms. The lowest BCUT2D eigenvalue weighted by Crippen LogP contribution is -2.31. The van der Waals surface area contributed by atoms with E-state index >= 15 is 0 Å². The van der Waals surface area contributed by atoms with Crippen LogP contribution in [0.2, 0.25) is 0 Å². The summed E-state index contributed by atoms with van der Waals surface area (Å²) in [5.74, 6) is 1.14. The van der Waals surface area contributed by atoms with Crippen molar-refractivity contribution in [3.8, 4) is 0 Å². The molecule has 9 aliphatic rings. The molecule has 1 fully saturated rings. The van der Waals surface area contributed by atoms with Crippen LogP contribution in [0.25, 0.3) is 0 Å². The molecule has 9 aliphatic carbocycles. The van der Waals surface area contributed by atoms with Crippen molar-refractivity contribution in [3.63, 3.8) is 0 Å². The van der Waals surface area contributed by atoms with Crippen LogP contribution in [-0.2, 0) is 0 Å². The van der Waals surface area contributed by atoms with Gasteiger partial charge in [0.05, 0.1) is 0 Å². The van der Waals surface area contributed by atoms with E-state index < -0.39 is 0 Å². The predicted octanol–water partition coefficient (Wildman–Crippen LogP) is 12.1. The molecule has 224 valence electrons. The fourth-order valence-electron chi connectivity index (χ4n) is 10.1. The molecule has 9 rings (SSSR count). The molecule has 0 radical (unpaired) electrons. The summed E-state index contributed by atoms with van der Waals surface area (Å²) in [4.78, 5) is 0. The Morgan fingerprint density at radius 3 is 2.00 bits per heavy atom. The van der Waals surface area contributed by atoms with E-state index in [0.717, 1.165) is 0 Å². The van der Waals surface area contributed by atoms with Crippen molar-refractivity contribution >= 4 is 0 Å². The maximum absolute atomic E-state index is 2.67. The molecule has 44 heavy (non-hydrogen) atoms. The number of rotatable bonds is 2. The maximum Gasteiger partial charge on any atom is 0.0155 e. The van der Waals surface area contributed by atoms with Crippen molar-refractivity contribution in [3.05, 3.63) is 138 Å². The van der Waals surface area contributed by atoms with E-state index in [1.54, 1.807) is 78.0 Å². The third kappa shape index (κ3) is 4.38. The molecule has 2 unspecified atom stereocenters. The van der Waals surface area contributed by atoms with Crippen molar-refractivity contribution < 1.29 is 0 Å². The first-order valence-electron chi connectivity index (χ1n) is 17.9. The van der Waals surface area contributed by atoms with Gasteiger partial charge in [0, 0.05) is 11.8 Å². The third-order valence-electron chi connectivity index (χ3n) is 12.5. The minimum Gasteiger partial charge on any atom is -0.0839 e. The van der Waals surface area contributed by atoms with E-state index in [9.17, 15) is 0 Å². The van der Waals surface area contributed by atoms with Gasteiger partial charge < -0.3 is 0 Å². The van der Waals surface area contributed by atoms with Gasteiger partial charge in [0.2, 0.25) is 0 Å². The van der Waals surface area contributed by atoms with Crippen molar-refractivity contribution in [2.45, 2.75) is 111 Å². The number of fused-ring (bicyclic) bond motifs is 1. The summed E-state index contributed by atoms with van der Waals surface area (Å²) in [7, 11) is 0. The van der Waals surface area contributed by atoms with Gasteiger partial charge in [-0.1, -0.05) is 81.0 Å². The van der Waals surface area contributed by atoms with Gasteiger partial charge >= 0.3 is 0 Å². The van der Waals surface area contributed by atoms with Gasteiger partial charge in [0.25, 0.3) is 0 Å². The number of hydrogen-bond donors (Lipinski definition) is 0. The third-order valence-corrected chi connectivity index (χ3v) is 12.5. The summed E-state index contributed by atoms with van der Waals surface area (Å²) in [6, 6.07) is 0. The van der Waals surface area contributed by atoms with Gasteiger partial charge in [-0.3, -0.25) is 0 Å². The summed E-state index contributed by atoms with van der Waals surface area (Å²) in [5, 5.41) is 0. The summed E-state index contributed by atoms with van der Waals surface area (Å²) in [6.45, 7) is 7.12. The average molecular weight is 577 g/mol. The lowest BCUT2D eigenvalue weighted by atomic mass is 9.60. The van der Waals surface area contributed by atoms with Gasteiger partial charge in [-0.05, 0) is 173 Å². The quantitative estimate of drug-likeness (QED) is 0.307. The summed E-state index contributed by atoms with van der Waals surface area (Å²) in [6.07, 6.45) is 40.3. The molecule has 0 bridgehead atoms. The summed E-state index contributed by atoms with van der Waals surface area (Å²) < 4.78 is 0. The molecule has 0 saturated heterocycles. The molecule has 0 aromatic rings. The van der Waals surface area contributed by atoms with E-state index in [-0.39, 0.29) is 5.41 Å². The van der Waals surface area contributed by atoms with Crippen molar-refractivity contribution in [1.82, 2.24) is 0 Å². The van der Waals surface area contributed by atoms with Crippen LogP contribution in [-0.4, -0.2) is 0 Å². The van der Waals surface area contributed by atoms with E-state index in [0.29, 0.717) is 11.8 Å². The van der Waals surface area contributed by atoms with Gasteiger partial charge in [-0.15, -0.1) is 0 Å². The second kappa shape index (κ2) is 10.2. The monoisotopic (exact) mass is 576 g/mol. The fraction of sp³-hybridized carbons (Fsp3) is 0.455. The Morgan fingerprint density at radius 2 is 1.16 bits per heavy atom. The van der Waals surface area contributed by atoms with Crippen LogP contribution in [0.4, 0.5) is 0 Å². The smallest absolute Gasteiger partial charge is 0.0155 e. The summed E-state index contributed by atoms with van der Waals surface area (Å²) in [5.41, 5.74) is 25.3. The van der Waals surface area contributed by atoms with Crippen LogP contribution in [0.15, 0.2) is 138 Å². The van der Waals surface area contributed by atoms with Crippen LogP contribution in [0, 0.1) is 17.3 Å². The number of allylic oxidation sites excluding steroid dienone is 24. The Bertz CT molecular complexity index is 1760. The van der Waals surface area contributed by atoms with E-state index in [2.05, 4.69) is 75.5 Å². The van der Waals surface area contributed by atoms with Crippen molar-refractivity contribution in [2.75, 3.05) is 0 Å². The first-order valence-corrected chi connectivity index (χ1v) is 17.9. The second-order valence-electron chi connectivity index (χ2n) is 15.9. The van der Waals surface area contributed by atoms with Gasteiger partial charge in [-0.25, -0.2) is 0 Å². The average Bonchev–Trinajstić information content (AvgIpc) is 3.05. The Balaban J connectivity index is 1.01. The SMILES string of the molecule is CC(C)(C)C1=CC2C=CC3=C4C(=C(C5=CC6=C(C=C(C7=CC8=C(CC7)C7=C(C=CCC7)CC8)CC6)CC5)CC3)CCC(=C1)C42. The van der Waals surface area contributed by atoms with Crippen LogP contribution in [0.1, 0.15) is 111 Å². The molecule has 0 heteroatoms. The van der Waals surface area contributed by atoms with Gasteiger partial charge in [0.15, 0.2) is 0 Å². The van der Waals surface area contributed by atoms with Gasteiger partial charge in [-0.2, -0.15) is 0 Å². The normalized spacial score (nSPS) is 29.4. The first-order chi connectivity index (χ1) is 21.4. The molecule has 0 N–H and O–H groups in total. The fourth-order valence-corrected chi connectivity index (χ4v) is 10.1. The molecule has 0 nitrogen and oxygen atoms in total. The highest BCUT2D eigenvalue weighted by molar-refractivity contribution is 5.63. The molecule has 0 heterocycles. The van der Waals surface area contributed by atoms with E-state index in [1.165, 1.54) is 95.5 Å². The van der Waals surface area contributed by atoms with Gasteiger partial charge in [0.1, 0.15) is 0 Å². The molecular weight excluding hydrogens is 528 g/mol. The van der Waals surface area contributed by atoms with E-state index in [4.69, 9.17) is 0 Å². The van der Waals surface area contributed by atoms with Crippen LogP contribution in [0.5, 0.6) is 0 Å². The zero-order valence-corrected chi connectivity index (χ0v) is 27.3. The maximum atomic E-state index is 2.67. The Labute approximate surface area is 265 Å².